The lowest BCUT2D eigenvalue weighted by Crippen LogP contribution is -1.99. The number of pyridine rings is 1. The fourth-order valence-corrected chi connectivity index (χ4v) is 1.14. The van der Waals surface area contributed by atoms with Gasteiger partial charge in [-0.15, -0.1) is 4.80 Å². The third-order valence-corrected chi connectivity index (χ3v) is 1.90. The van der Waals surface area contributed by atoms with Crippen molar-refractivity contribution in [2.75, 3.05) is 0 Å². The molecule has 0 aromatic carbocycles. The first-order valence-corrected chi connectivity index (χ1v) is 4.25. The predicted molar refractivity (Wildman–Crippen MR) is 49.8 cm³/mol. The molecule has 5 heteroatoms. The number of rotatable bonds is 2. The molecule has 0 atom stereocenters. The van der Waals surface area contributed by atoms with Crippen LogP contribution in [0.3, 0.4) is 0 Å². The second-order valence-electron chi connectivity index (χ2n) is 2.89. The minimum absolute atomic E-state index is 0.0912. The van der Waals surface area contributed by atoms with Crippen LogP contribution in [0.2, 0.25) is 0 Å². The highest BCUT2D eigenvalue weighted by atomic mass is 16.3. The third kappa shape index (κ3) is 1.49. The highest BCUT2D eigenvalue weighted by Gasteiger charge is 2.06. The second kappa shape index (κ2) is 3.55. The van der Waals surface area contributed by atoms with Gasteiger partial charge in [-0.2, -0.15) is 10.2 Å². The van der Waals surface area contributed by atoms with E-state index in [0.717, 1.165) is 11.4 Å². The molecule has 2 aromatic rings. The lowest BCUT2D eigenvalue weighted by Gasteiger charge is -1.95. The molecule has 0 fully saturated rings. The molecule has 0 aliphatic heterocycles. The smallest absolute Gasteiger partial charge is 0.111 e. The van der Waals surface area contributed by atoms with Gasteiger partial charge < -0.3 is 5.11 Å². The Balaban J connectivity index is 2.43. The topological polar surface area (TPSA) is 63.8 Å². The van der Waals surface area contributed by atoms with Crippen LogP contribution in [-0.2, 0) is 6.61 Å². The van der Waals surface area contributed by atoms with E-state index in [2.05, 4.69) is 15.2 Å². The summed E-state index contributed by atoms with van der Waals surface area (Å²) >= 11 is 0. The Bertz CT molecular complexity index is 424. The third-order valence-electron chi connectivity index (χ3n) is 1.90. The summed E-state index contributed by atoms with van der Waals surface area (Å²) in [5, 5.41) is 17.2. The average Bonchev–Trinajstić information content (AvgIpc) is 2.61. The normalized spacial score (nSPS) is 10.4. The number of aliphatic hydroxyl groups is 1. The minimum atomic E-state index is -0.0912. The predicted octanol–water partition coefficient (Wildman–Crippen LogP) is 0.463. The van der Waals surface area contributed by atoms with E-state index in [1.54, 1.807) is 12.4 Å². The van der Waals surface area contributed by atoms with Gasteiger partial charge in [-0.1, -0.05) is 0 Å². The number of aliphatic hydroxyl groups excluding tert-OH is 1. The molecule has 0 saturated heterocycles. The van der Waals surface area contributed by atoms with Crippen LogP contribution in [-0.4, -0.2) is 25.1 Å². The van der Waals surface area contributed by atoms with Crippen molar-refractivity contribution in [2.45, 2.75) is 13.5 Å². The van der Waals surface area contributed by atoms with E-state index in [1.165, 1.54) is 4.80 Å². The second-order valence-corrected chi connectivity index (χ2v) is 2.89. The van der Waals surface area contributed by atoms with Gasteiger partial charge in [0.25, 0.3) is 0 Å². The van der Waals surface area contributed by atoms with Gasteiger partial charge in [0.1, 0.15) is 11.4 Å². The lowest BCUT2D eigenvalue weighted by atomic mass is 10.4. The molecular weight excluding hydrogens is 180 g/mol. The highest BCUT2D eigenvalue weighted by Crippen LogP contribution is 2.06. The van der Waals surface area contributed by atoms with Crippen LogP contribution in [0.15, 0.2) is 24.5 Å². The van der Waals surface area contributed by atoms with Crippen molar-refractivity contribution in [3.63, 3.8) is 0 Å². The number of aromatic nitrogens is 4. The van der Waals surface area contributed by atoms with Gasteiger partial charge in [0.2, 0.25) is 0 Å². The monoisotopic (exact) mass is 190 g/mol. The minimum Gasteiger partial charge on any atom is -0.390 e. The summed E-state index contributed by atoms with van der Waals surface area (Å²) in [4.78, 5) is 5.43. The number of nitrogens with zero attached hydrogens (tertiary/aromatic N) is 4. The molecule has 2 aromatic heterocycles. The molecule has 2 rings (SSSR count). The molecule has 2 heterocycles. The van der Waals surface area contributed by atoms with Crippen LogP contribution >= 0.6 is 0 Å². The molecular formula is C9H10N4O. The quantitative estimate of drug-likeness (QED) is 0.747. The van der Waals surface area contributed by atoms with E-state index in [1.807, 2.05) is 19.1 Å². The van der Waals surface area contributed by atoms with E-state index in [4.69, 9.17) is 5.11 Å². The highest BCUT2D eigenvalue weighted by molar-refractivity contribution is 5.25. The lowest BCUT2D eigenvalue weighted by molar-refractivity contribution is 0.275. The van der Waals surface area contributed by atoms with E-state index < -0.39 is 0 Å². The fourth-order valence-electron chi connectivity index (χ4n) is 1.14. The molecule has 1 N–H and O–H groups in total. The van der Waals surface area contributed by atoms with Crippen LogP contribution in [0.1, 0.15) is 11.4 Å². The molecule has 0 saturated carbocycles. The summed E-state index contributed by atoms with van der Waals surface area (Å²) in [6, 6.07) is 3.67. The summed E-state index contributed by atoms with van der Waals surface area (Å²) in [7, 11) is 0. The summed E-state index contributed by atoms with van der Waals surface area (Å²) in [6.45, 7) is 1.72. The first-order valence-electron chi connectivity index (χ1n) is 4.25. The SMILES string of the molecule is Cc1nn(-c2cccnc2)nc1CO. The molecule has 0 bridgehead atoms. The number of aryl methyl sites for hydroxylation is 1. The Labute approximate surface area is 81.0 Å². The Morgan fingerprint density at radius 1 is 1.43 bits per heavy atom. The van der Waals surface area contributed by atoms with Crippen LogP contribution in [0, 0.1) is 6.92 Å². The zero-order chi connectivity index (χ0) is 9.97. The largest absolute Gasteiger partial charge is 0.390 e. The maximum atomic E-state index is 8.95. The van der Waals surface area contributed by atoms with Crippen molar-refractivity contribution >= 4 is 0 Å². The van der Waals surface area contributed by atoms with Gasteiger partial charge >= 0.3 is 0 Å². The standard InChI is InChI=1S/C9H10N4O/c1-7-9(6-14)12-13(11-7)8-3-2-4-10-5-8/h2-5,14H,6H2,1H3. The number of hydrogen-bond donors (Lipinski definition) is 1. The Morgan fingerprint density at radius 2 is 2.29 bits per heavy atom. The van der Waals surface area contributed by atoms with Crippen LogP contribution in [0.25, 0.3) is 5.69 Å². The van der Waals surface area contributed by atoms with Crippen molar-refractivity contribution in [2.24, 2.45) is 0 Å². The Hall–Kier alpha value is -1.75. The maximum absolute atomic E-state index is 8.95. The molecule has 0 aliphatic rings. The van der Waals surface area contributed by atoms with Gasteiger partial charge in [0.15, 0.2) is 0 Å². The Morgan fingerprint density at radius 3 is 2.86 bits per heavy atom. The van der Waals surface area contributed by atoms with Crippen LogP contribution < -0.4 is 0 Å². The van der Waals surface area contributed by atoms with Gasteiger partial charge in [0, 0.05) is 6.20 Å². The van der Waals surface area contributed by atoms with Gasteiger partial charge in [0.05, 0.1) is 18.5 Å². The summed E-state index contributed by atoms with van der Waals surface area (Å²) in [5.74, 6) is 0. The molecule has 0 aliphatic carbocycles. The van der Waals surface area contributed by atoms with Crippen molar-refractivity contribution in [3.8, 4) is 5.69 Å². The molecule has 0 amide bonds. The van der Waals surface area contributed by atoms with Crippen molar-refractivity contribution in [3.05, 3.63) is 35.9 Å². The summed E-state index contributed by atoms with van der Waals surface area (Å²) in [5.41, 5.74) is 2.11. The fraction of sp³-hybridized carbons (Fsp3) is 0.222. The molecule has 72 valence electrons. The summed E-state index contributed by atoms with van der Waals surface area (Å²) < 4.78 is 0. The van der Waals surface area contributed by atoms with E-state index >= 15 is 0 Å². The zero-order valence-electron chi connectivity index (χ0n) is 7.75. The molecule has 0 spiro atoms. The average molecular weight is 190 g/mol. The molecule has 14 heavy (non-hydrogen) atoms. The first-order chi connectivity index (χ1) is 6.81. The van der Waals surface area contributed by atoms with Crippen molar-refractivity contribution < 1.29 is 5.11 Å². The first kappa shape index (κ1) is 8.83. The van der Waals surface area contributed by atoms with Gasteiger partial charge in [-0.3, -0.25) is 4.98 Å². The zero-order valence-corrected chi connectivity index (χ0v) is 7.75. The van der Waals surface area contributed by atoms with Crippen LogP contribution in [0.5, 0.6) is 0 Å². The van der Waals surface area contributed by atoms with Gasteiger partial charge in [-0.25, -0.2) is 0 Å². The van der Waals surface area contributed by atoms with E-state index in [-0.39, 0.29) is 6.61 Å². The van der Waals surface area contributed by atoms with Gasteiger partial charge in [-0.05, 0) is 19.1 Å². The molecule has 5 nitrogen and oxygen atoms in total. The molecule has 0 radical (unpaired) electrons. The number of hydrogen-bond acceptors (Lipinski definition) is 4. The summed E-state index contributed by atoms with van der Waals surface area (Å²) in [6.07, 6.45) is 3.35. The van der Waals surface area contributed by atoms with Crippen molar-refractivity contribution in [1.82, 2.24) is 20.0 Å². The maximum Gasteiger partial charge on any atom is 0.111 e. The molecule has 0 unspecified atom stereocenters. The van der Waals surface area contributed by atoms with E-state index in [9.17, 15) is 0 Å². The van der Waals surface area contributed by atoms with Crippen molar-refractivity contribution in [1.29, 1.82) is 0 Å². The van der Waals surface area contributed by atoms with Crippen LogP contribution in [0.4, 0.5) is 0 Å². The Kier molecular flexibility index (Phi) is 2.24. The van der Waals surface area contributed by atoms with E-state index in [0.29, 0.717) is 5.69 Å².